The molecule has 0 bridgehead atoms. The molecule has 1 fully saturated rings. The van der Waals surface area contributed by atoms with E-state index in [9.17, 15) is 9.59 Å². The van der Waals surface area contributed by atoms with Gasteiger partial charge < -0.3 is 19.5 Å². The summed E-state index contributed by atoms with van der Waals surface area (Å²) in [7, 11) is 0. The monoisotopic (exact) mass is 404 g/mol. The normalized spacial score (nSPS) is 14.8. The van der Waals surface area contributed by atoms with Gasteiger partial charge in [-0.05, 0) is 38.1 Å². The molecule has 150 valence electrons. The number of amides is 1. The molecular weight excluding hydrogens is 378 g/mol. The second-order valence-corrected chi connectivity index (χ2v) is 7.60. The van der Waals surface area contributed by atoms with E-state index in [1.54, 1.807) is 24.3 Å². The summed E-state index contributed by atoms with van der Waals surface area (Å²) in [6, 6.07) is 6.88. The summed E-state index contributed by atoms with van der Waals surface area (Å²) < 4.78 is 7.47. The van der Waals surface area contributed by atoms with E-state index < -0.39 is 0 Å². The lowest BCUT2D eigenvalue weighted by Gasteiger charge is -2.23. The highest BCUT2D eigenvalue weighted by atomic mass is 32.2. The van der Waals surface area contributed by atoms with Crippen molar-refractivity contribution in [1.82, 2.24) is 14.8 Å². The summed E-state index contributed by atoms with van der Waals surface area (Å²) in [6.45, 7) is 8.68. The number of carbonyl (C=O) groups is 2. The standard InChI is InChI=1S/C19H25N5O3S/c1-3-24-17(12-23-8-10-27-11-9-23)21-22-19(24)28-13-18(26)20-16-6-4-15(5-7-16)14(2)25/h4-7H,3,8-13H2,1-2H3,(H,20,26)/p+1. The summed E-state index contributed by atoms with van der Waals surface area (Å²) in [5.41, 5.74) is 1.29. The molecule has 0 atom stereocenters. The lowest BCUT2D eigenvalue weighted by atomic mass is 10.1. The first-order chi connectivity index (χ1) is 13.6. The third-order valence-corrected chi connectivity index (χ3v) is 5.59. The smallest absolute Gasteiger partial charge is 0.234 e. The van der Waals surface area contributed by atoms with Crippen molar-refractivity contribution in [2.24, 2.45) is 0 Å². The van der Waals surface area contributed by atoms with Crippen molar-refractivity contribution in [2.75, 3.05) is 37.4 Å². The van der Waals surface area contributed by atoms with E-state index in [0.717, 1.165) is 50.4 Å². The highest BCUT2D eigenvalue weighted by molar-refractivity contribution is 7.99. The van der Waals surface area contributed by atoms with Crippen LogP contribution >= 0.6 is 11.8 Å². The predicted molar refractivity (Wildman–Crippen MR) is 107 cm³/mol. The van der Waals surface area contributed by atoms with Crippen LogP contribution in [0.3, 0.4) is 0 Å². The first kappa shape index (κ1) is 20.5. The van der Waals surface area contributed by atoms with Gasteiger partial charge in [0, 0.05) is 17.8 Å². The predicted octanol–water partition coefficient (Wildman–Crippen LogP) is 0.647. The molecular formula is C19H26N5O3S+. The van der Waals surface area contributed by atoms with Crippen LogP contribution in [0.15, 0.2) is 29.4 Å². The number of thioether (sulfide) groups is 1. The summed E-state index contributed by atoms with van der Waals surface area (Å²) in [5.74, 6) is 1.08. The summed E-state index contributed by atoms with van der Waals surface area (Å²) in [5, 5.41) is 12.2. The van der Waals surface area contributed by atoms with Gasteiger partial charge in [-0.15, -0.1) is 10.2 Å². The molecule has 0 spiro atoms. The van der Waals surface area contributed by atoms with Gasteiger partial charge in [0.2, 0.25) is 5.91 Å². The molecule has 2 N–H and O–H groups in total. The Hall–Kier alpha value is -2.23. The second kappa shape index (κ2) is 9.81. The third kappa shape index (κ3) is 5.40. The van der Waals surface area contributed by atoms with Gasteiger partial charge in [-0.3, -0.25) is 9.59 Å². The van der Waals surface area contributed by atoms with Crippen molar-refractivity contribution < 1.29 is 19.2 Å². The van der Waals surface area contributed by atoms with Crippen LogP contribution in [-0.2, 0) is 22.6 Å². The molecule has 3 rings (SSSR count). The van der Waals surface area contributed by atoms with Gasteiger partial charge in [-0.1, -0.05) is 11.8 Å². The minimum absolute atomic E-state index is 0.00190. The Balaban J connectivity index is 1.54. The van der Waals surface area contributed by atoms with Crippen molar-refractivity contribution >= 4 is 29.1 Å². The number of nitrogens with zero attached hydrogens (tertiary/aromatic N) is 3. The second-order valence-electron chi connectivity index (χ2n) is 6.65. The highest BCUT2D eigenvalue weighted by Crippen LogP contribution is 2.18. The molecule has 1 aromatic carbocycles. The van der Waals surface area contributed by atoms with Gasteiger partial charge in [-0.25, -0.2) is 0 Å². The number of carbonyl (C=O) groups excluding carboxylic acids is 2. The fourth-order valence-electron chi connectivity index (χ4n) is 3.05. The quantitative estimate of drug-likeness (QED) is 0.496. The summed E-state index contributed by atoms with van der Waals surface area (Å²) in [4.78, 5) is 25.0. The molecule has 9 heteroatoms. The number of anilines is 1. The van der Waals surface area contributed by atoms with Crippen LogP contribution in [0.2, 0.25) is 0 Å². The molecule has 0 unspecified atom stereocenters. The molecule has 0 radical (unpaired) electrons. The number of nitrogens with one attached hydrogen (secondary N) is 2. The Morgan fingerprint density at radius 2 is 1.93 bits per heavy atom. The first-order valence-corrected chi connectivity index (χ1v) is 10.4. The minimum Gasteiger partial charge on any atom is -0.370 e. The van der Waals surface area contributed by atoms with Crippen molar-refractivity contribution in [3.8, 4) is 0 Å². The van der Waals surface area contributed by atoms with Crippen LogP contribution < -0.4 is 10.2 Å². The average Bonchev–Trinajstić information content (AvgIpc) is 3.09. The number of Topliss-reactive ketones (excluding diaryl/α,β-unsaturated/α-hetero) is 1. The highest BCUT2D eigenvalue weighted by Gasteiger charge is 2.20. The molecule has 2 heterocycles. The maximum atomic E-state index is 12.3. The van der Waals surface area contributed by atoms with E-state index in [-0.39, 0.29) is 17.4 Å². The lowest BCUT2D eigenvalue weighted by Crippen LogP contribution is -3.12. The largest absolute Gasteiger partial charge is 0.370 e. The zero-order valence-electron chi connectivity index (χ0n) is 16.2. The van der Waals surface area contributed by atoms with E-state index in [0.29, 0.717) is 11.3 Å². The van der Waals surface area contributed by atoms with Crippen molar-refractivity contribution in [2.45, 2.75) is 32.1 Å². The van der Waals surface area contributed by atoms with Gasteiger partial charge >= 0.3 is 0 Å². The van der Waals surface area contributed by atoms with Crippen LogP contribution in [0.4, 0.5) is 5.69 Å². The van der Waals surface area contributed by atoms with E-state index >= 15 is 0 Å². The van der Waals surface area contributed by atoms with Crippen molar-refractivity contribution in [3.05, 3.63) is 35.7 Å². The minimum atomic E-state index is -0.119. The third-order valence-electron chi connectivity index (χ3n) is 4.63. The number of aromatic nitrogens is 3. The number of ether oxygens (including phenoxy) is 1. The number of benzene rings is 1. The molecule has 28 heavy (non-hydrogen) atoms. The number of ketones is 1. The van der Waals surface area contributed by atoms with Gasteiger partial charge in [0.15, 0.2) is 16.8 Å². The fraction of sp³-hybridized carbons (Fsp3) is 0.474. The zero-order valence-corrected chi connectivity index (χ0v) is 17.1. The van der Waals surface area contributed by atoms with Crippen LogP contribution in [-0.4, -0.2) is 58.5 Å². The van der Waals surface area contributed by atoms with E-state index in [2.05, 4.69) is 27.0 Å². The molecule has 1 saturated heterocycles. The molecule has 0 saturated carbocycles. The Morgan fingerprint density at radius 1 is 1.21 bits per heavy atom. The molecule has 2 aromatic rings. The molecule has 1 amide bonds. The number of hydrogen-bond donors (Lipinski definition) is 2. The number of morpholine rings is 1. The average molecular weight is 405 g/mol. The fourth-order valence-corrected chi connectivity index (χ4v) is 3.87. The molecule has 1 aliphatic rings. The topological polar surface area (TPSA) is 90.6 Å². The summed E-state index contributed by atoms with van der Waals surface area (Å²) >= 11 is 1.38. The maximum absolute atomic E-state index is 12.3. The van der Waals surface area contributed by atoms with Crippen LogP contribution in [0.25, 0.3) is 0 Å². The van der Waals surface area contributed by atoms with Crippen molar-refractivity contribution in [3.63, 3.8) is 0 Å². The maximum Gasteiger partial charge on any atom is 0.234 e. The van der Waals surface area contributed by atoms with Gasteiger partial charge in [0.1, 0.15) is 19.6 Å². The van der Waals surface area contributed by atoms with Crippen molar-refractivity contribution in [1.29, 1.82) is 0 Å². The first-order valence-electron chi connectivity index (χ1n) is 9.44. The van der Waals surface area contributed by atoms with Gasteiger partial charge in [0.25, 0.3) is 0 Å². The molecule has 1 aromatic heterocycles. The lowest BCUT2D eigenvalue weighted by molar-refractivity contribution is -0.922. The Kier molecular flexibility index (Phi) is 7.18. The van der Waals surface area contributed by atoms with Gasteiger partial charge in [0.05, 0.1) is 19.0 Å². The Morgan fingerprint density at radius 3 is 2.57 bits per heavy atom. The van der Waals surface area contributed by atoms with E-state index in [1.165, 1.54) is 23.6 Å². The Bertz CT molecular complexity index is 815. The molecule has 8 nitrogen and oxygen atoms in total. The van der Waals surface area contributed by atoms with Gasteiger partial charge in [-0.2, -0.15) is 0 Å². The number of rotatable bonds is 8. The number of hydrogen-bond acceptors (Lipinski definition) is 6. The zero-order chi connectivity index (χ0) is 19.9. The van der Waals surface area contributed by atoms with Crippen LogP contribution in [0.1, 0.15) is 30.0 Å². The van der Waals surface area contributed by atoms with E-state index in [4.69, 9.17) is 4.74 Å². The number of quaternary nitrogens is 1. The SMILES string of the molecule is CCn1c(C[NH+]2CCOCC2)nnc1SCC(=O)Nc1ccc(C(C)=O)cc1. The van der Waals surface area contributed by atoms with Crippen LogP contribution in [0.5, 0.6) is 0 Å². The van der Waals surface area contributed by atoms with E-state index in [1.807, 2.05) is 0 Å². The Labute approximate surface area is 168 Å². The molecule has 1 aliphatic heterocycles. The molecule has 0 aliphatic carbocycles. The summed E-state index contributed by atoms with van der Waals surface area (Å²) in [6.07, 6.45) is 0. The van der Waals surface area contributed by atoms with Crippen LogP contribution in [0, 0.1) is 0 Å².